The van der Waals surface area contributed by atoms with Crippen LogP contribution in [-0.2, 0) is 10.8 Å². The van der Waals surface area contributed by atoms with Crippen LogP contribution in [0.3, 0.4) is 0 Å². The number of fused-ring (bicyclic) bond motifs is 6. The third kappa shape index (κ3) is 9.19. The third-order valence-electron chi connectivity index (χ3n) is 14.6. The first-order valence-corrected chi connectivity index (χ1v) is 26.6. The van der Waals surface area contributed by atoms with E-state index in [-0.39, 0.29) is 10.8 Å². The number of nitrogens with zero attached hydrogens (tertiary/aromatic N) is 1. The van der Waals surface area contributed by atoms with Gasteiger partial charge in [0.1, 0.15) is 0 Å². The largest absolute Gasteiger partial charge is 0.311 e. The molecule has 0 spiro atoms. The Morgan fingerprint density at radius 1 is 0.444 bits per heavy atom. The van der Waals surface area contributed by atoms with Crippen LogP contribution in [0, 0.1) is 0 Å². The third-order valence-corrected chi connectivity index (χ3v) is 16.9. The minimum Gasteiger partial charge on any atom is -0.311 e. The van der Waals surface area contributed by atoms with Gasteiger partial charge in [-0.05, 0) is 125 Å². The number of anilines is 3. The van der Waals surface area contributed by atoms with Crippen molar-refractivity contribution in [1.29, 1.82) is 0 Å². The summed E-state index contributed by atoms with van der Waals surface area (Å²) in [5.41, 5.74) is 13.9. The summed E-state index contributed by atoms with van der Waals surface area (Å²) < 4.78 is 0. The van der Waals surface area contributed by atoms with E-state index < -0.39 is 0 Å². The number of unbranched alkanes of at least 4 members (excludes halogenated alkanes) is 12. The van der Waals surface area contributed by atoms with Gasteiger partial charge in [-0.2, -0.15) is 0 Å². The lowest BCUT2D eigenvalue weighted by Crippen LogP contribution is -2.27. The first-order valence-electron chi connectivity index (χ1n) is 25.0. The summed E-state index contributed by atoms with van der Waals surface area (Å²) in [6.45, 7) is 9.32. The molecular weight excluding hydrogens is 803 g/mol. The zero-order valence-electron chi connectivity index (χ0n) is 38.8. The Bertz CT molecular complexity index is 2320. The maximum atomic E-state index is 12.5. The van der Waals surface area contributed by atoms with Gasteiger partial charge >= 0.3 is 0 Å². The molecule has 0 amide bonds. The second kappa shape index (κ2) is 21.2. The van der Waals surface area contributed by atoms with Gasteiger partial charge in [-0.3, -0.25) is 4.79 Å². The molecule has 0 unspecified atom stereocenters. The van der Waals surface area contributed by atoms with E-state index in [2.05, 4.69) is 142 Å². The van der Waals surface area contributed by atoms with Crippen LogP contribution in [0.5, 0.6) is 0 Å². The van der Waals surface area contributed by atoms with E-state index in [1.807, 2.05) is 11.3 Å². The number of carbonyl (C=O) groups excluding carboxylic acids is 1. The number of aldehydes is 1. The molecule has 6 aromatic rings. The summed E-state index contributed by atoms with van der Waals surface area (Å²) in [7, 11) is 0. The van der Waals surface area contributed by atoms with Crippen molar-refractivity contribution in [3.63, 3.8) is 0 Å². The lowest BCUT2D eigenvalue weighted by atomic mass is 9.68. The summed E-state index contributed by atoms with van der Waals surface area (Å²) >= 11 is 3.81. The highest BCUT2D eigenvalue weighted by Crippen LogP contribution is 2.64. The van der Waals surface area contributed by atoms with E-state index in [0.29, 0.717) is 0 Å². The van der Waals surface area contributed by atoms with Gasteiger partial charge < -0.3 is 4.90 Å². The number of para-hydroxylation sites is 2. The van der Waals surface area contributed by atoms with Crippen LogP contribution >= 0.6 is 22.7 Å². The van der Waals surface area contributed by atoms with Gasteiger partial charge in [-0.1, -0.05) is 179 Å². The molecule has 0 atom stereocenters. The van der Waals surface area contributed by atoms with Gasteiger partial charge in [-0.25, -0.2) is 0 Å². The molecule has 2 nitrogen and oxygen atoms in total. The number of carbonyl (C=O) groups is 1. The fourth-order valence-electron chi connectivity index (χ4n) is 11.3. The molecule has 2 aliphatic rings. The lowest BCUT2D eigenvalue weighted by molar-refractivity contribution is 0.112. The van der Waals surface area contributed by atoms with E-state index in [4.69, 9.17) is 0 Å². The van der Waals surface area contributed by atoms with Crippen molar-refractivity contribution in [3.05, 3.63) is 136 Å². The smallest absolute Gasteiger partial charge is 0.160 e. The van der Waals surface area contributed by atoms with Crippen LogP contribution in [0.25, 0.3) is 31.3 Å². The van der Waals surface area contributed by atoms with Crippen molar-refractivity contribution in [3.8, 4) is 31.3 Å². The van der Waals surface area contributed by atoms with Crippen molar-refractivity contribution < 1.29 is 4.79 Å². The summed E-state index contributed by atoms with van der Waals surface area (Å²) in [6.07, 6.45) is 26.1. The van der Waals surface area contributed by atoms with E-state index >= 15 is 0 Å². The van der Waals surface area contributed by atoms with Crippen LogP contribution < -0.4 is 4.90 Å². The topological polar surface area (TPSA) is 20.3 Å². The summed E-state index contributed by atoms with van der Waals surface area (Å²) in [5.74, 6) is 0. The predicted molar refractivity (Wildman–Crippen MR) is 275 cm³/mol. The molecule has 4 heteroatoms. The molecule has 0 saturated carbocycles. The fraction of sp³-hybridized carbons (Fsp3) is 0.441. The molecule has 8 rings (SSSR count). The van der Waals surface area contributed by atoms with Crippen LogP contribution in [0.1, 0.15) is 188 Å². The Hall–Kier alpha value is -4.25. The maximum Gasteiger partial charge on any atom is 0.160 e. The van der Waals surface area contributed by atoms with E-state index in [1.54, 1.807) is 28.0 Å². The lowest BCUT2D eigenvalue weighted by Gasteiger charge is -2.34. The minimum absolute atomic E-state index is 0.00823. The molecule has 0 radical (unpaired) electrons. The quantitative estimate of drug-likeness (QED) is 0.0422. The highest BCUT2D eigenvalue weighted by Gasteiger charge is 2.49. The first-order chi connectivity index (χ1) is 31.0. The van der Waals surface area contributed by atoms with Crippen molar-refractivity contribution in [2.24, 2.45) is 0 Å². The van der Waals surface area contributed by atoms with Crippen molar-refractivity contribution >= 4 is 46.0 Å². The molecule has 0 aliphatic heterocycles. The van der Waals surface area contributed by atoms with Crippen molar-refractivity contribution in [1.82, 2.24) is 0 Å². The summed E-state index contributed by atoms with van der Waals surface area (Å²) in [4.78, 5) is 20.1. The summed E-state index contributed by atoms with van der Waals surface area (Å²) in [5, 5.41) is 0. The number of thiophene rings is 2. The normalized spacial score (nSPS) is 14.0. The molecule has 0 saturated heterocycles. The second-order valence-corrected chi connectivity index (χ2v) is 20.9. The zero-order valence-corrected chi connectivity index (χ0v) is 40.4. The standard InChI is InChI=1S/C59H71NOS2/c1-5-9-13-23-35-58(36-24-14-10-6-2)51-41-50-52(40-49(51)56-53(58)39-48(43-61)62-56)59(37-25-15-11-7-3,38-26-16-12-8-4)54-42-55(63-57(50)54)44-31-33-47(34-32-44)60(45-27-19-17-20-28-45)46-29-21-18-22-30-46/h17-22,27-34,39-43H,5-16,23-26,35-38H2,1-4H3. The van der Waals surface area contributed by atoms with Crippen LogP contribution in [-0.4, -0.2) is 6.29 Å². The highest BCUT2D eigenvalue weighted by molar-refractivity contribution is 7.19. The monoisotopic (exact) mass is 873 g/mol. The SMILES string of the molecule is CCCCCCC1(CCCCCC)c2cc3c(cc2-c2sc(C=O)cc21)C(CCCCCC)(CCCCCC)c1cc(-c2ccc(N(c4ccccc4)c4ccccc4)cc2)sc1-3. The van der Waals surface area contributed by atoms with Crippen LogP contribution in [0.2, 0.25) is 0 Å². The van der Waals surface area contributed by atoms with E-state index in [0.717, 1.165) is 22.5 Å². The van der Waals surface area contributed by atoms with Gasteiger partial charge in [0.05, 0.1) is 4.88 Å². The molecule has 4 aromatic carbocycles. The molecule has 63 heavy (non-hydrogen) atoms. The summed E-state index contributed by atoms with van der Waals surface area (Å²) in [6, 6.07) is 41.2. The Balaban J connectivity index is 1.27. The predicted octanol–water partition coefficient (Wildman–Crippen LogP) is 19.2. The van der Waals surface area contributed by atoms with Gasteiger partial charge in [0, 0.05) is 42.5 Å². The van der Waals surface area contributed by atoms with Gasteiger partial charge in [-0.15, -0.1) is 22.7 Å². The molecule has 2 aliphatic carbocycles. The number of hydrogen-bond acceptors (Lipinski definition) is 4. The molecular formula is C59H71NOS2. The molecule has 330 valence electrons. The minimum atomic E-state index is -0.0358. The number of benzene rings is 4. The van der Waals surface area contributed by atoms with Gasteiger partial charge in [0.15, 0.2) is 6.29 Å². The Kier molecular flexibility index (Phi) is 15.2. The van der Waals surface area contributed by atoms with Crippen LogP contribution in [0.4, 0.5) is 17.1 Å². The Morgan fingerprint density at radius 3 is 1.29 bits per heavy atom. The molecule has 0 fully saturated rings. The van der Waals surface area contributed by atoms with Crippen molar-refractivity contribution in [2.45, 2.75) is 167 Å². The Morgan fingerprint density at radius 2 is 0.857 bits per heavy atom. The average Bonchev–Trinajstić information content (AvgIpc) is 4.07. The molecule has 0 bridgehead atoms. The number of hydrogen-bond donors (Lipinski definition) is 0. The maximum absolute atomic E-state index is 12.5. The molecule has 2 aromatic heterocycles. The molecule has 0 N–H and O–H groups in total. The average molecular weight is 874 g/mol. The van der Waals surface area contributed by atoms with Gasteiger partial charge in [0.2, 0.25) is 0 Å². The number of rotatable bonds is 25. The van der Waals surface area contributed by atoms with E-state index in [9.17, 15) is 4.79 Å². The highest BCUT2D eigenvalue weighted by atomic mass is 32.1. The molecule has 2 heterocycles. The van der Waals surface area contributed by atoms with Crippen molar-refractivity contribution in [2.75, 3.05) is 4.90 Å². The van der Waals surface area contributed by atoms with Gasteiger partial charge in [0.25, 0.3) is 0 Å². The second-order valence-electron chi connectivity index (χ2n) is 18.8. The van der Waals surface area contributed by atoms with E-state index in [1.165, 1.54) is 171 Å². The zero-order chi connectivity index (χ0) is 43.7. The first kappa shape index (κ1) is 45.3. The van der Waals surface area contributed by atoms with Crippen LogP contribution in [0.15, 0.2) is 109 Å². The fourth-order valence-corrected chi connectivity index (χ4v) is 13.7. The Labute approximate surface area is 388 Å².